The predicted octanol–water partition coefficient (Wildman–Crippen LogP) is 1.44. The molecule has 2 heterocycles. The average Bonchev–Trinajstić information content (AvgIpc) is 2.90. The van der Waals surface area contributed by atoms with E-state index in [1.54, 1.807) is 4.68 Å². The van der Waals surface area contributed by atoms with Crippen molar-refractivity contribution in [3.8, 4) is 0 Å². The van der Waals surface area contributed by atoms with E-state index in [-0.39, 0.29) is 11.7 Å². The van der Waals surface area contributed by atoms with E-state index in [2.05, 4.69) is 20.7 Å². The zero-order valence-electron chi connectivity index (χ0n) is 12.6. The number of nitrogens with one attached hydrogen (secondary N) is 2. The summed E-state index contributed by atoms with van der Waals surface area (Å²) in [7, 11) is 1.89. The highest BCUT2D eigenvalue weighted by Crippen LogP contribution is 2.24. The summed E-state index contributed by atoms with van der Waals surface area (Å²) in [5, 5.41) is 10.9. The zero-order chi connectivity index (χ0) is 15.6. The van der Waals surface area contributed by atoms with Crippen molar-refractivity contribution in [1.82, 2.24) is 20.1 Å². The zero-order valence-corrected chi connectivity index (χ0v) is 13.5. The third kappa shape index (κ3) is 3.15. The molecule has 2 rings (SSSR count). The summed E-state index contributed by atoms with van der Waals surface area (Å²) in [6, 6.07) is 0. The van der Waals surface area contributed by atoms with Crippen LogP contribution in [0.3, 0.4) is 0 Å². The van der Waals surface area contributed by atoms with Crippen LogP contribution in [-0.4, -0.2) is 27.2 Å². The number of thiazole rings is 1. The van der Waals surface area contributed by atoms with E-state index in [1.165, 1.54) is 11.3 Å². The summed E-state index contributed by atoms with van der Waals surface area (Å²) in [6.07, 6.45) is 0. The van der Waals surface area contributed by atoms with Gasteiger partial charge in [0.2, 0.25) is 0 Å². The molecule has 0 aromatic carbocycles. The molecule has 0 saturated carbocycles. The monoisotopic (exact) mass is 308 g/mol. The Balaban J connectivity index is 2.08. The van der Waals surface area contributed by atoms with Crippen molar-refractivity contribution in [2.24, 2.45) is 7.05 Å². The van der Waals surface area contributed by atoms with Gasteiger partial charge < -0.3 is 16.4 Å². The fourth-order valence-corrected chi connectivity index (χ4v) is 2.91. The maximum Gasteiger partial charge on any atom is 0.265 e. The Kier molecular flexibility index (Phi) is 4.46. The first-order chi connectivity index (χ1) is 9.93. The second kappa shape index (κ2) is 6.13. The largest absolute Gasteiger partial charge is 0.382 e. The van der Waals surface area contributed by atoms with Crippen LogP contribution in [0.2, 0.25) is 0 Å². The number of nitrogens with zero attached hydrogens (tertiary/aromatic N) is 3. The van der Waals surface area contributed by atoms with Gasteiger partial charge in [0.1, 0.15) is 10.7 Å². The molecule has 0 aliphatic rings. The highest BCUT2D eigenvalue weighted by molar-refractivity contribution is 7.18. The van der Waals surface area contributed by atoms with E-state index >= 15 is 0 Å². The first-order valence-corrected chi connectivity index (χ1v) is 7.53. The van der Waals surface area contributed by atoms with Crippen LogP contribution in [0, 0.1) is 13.8 Å². The van der Waals surface area contributed by atoms with Crippen molar-refractivity contribution in [2.75, 3.05) is 17.6 Å². The number of hydrogen-bond donors (Lipinski definition) is 3. The molecule has 0 atom stereocenters. The number of anilines is 2. The topological polar surface area (TPSA) is 97.9 Å². The molecule has 8 heteroatoms. The number of rotatable bonds is 5. The van der Waals surface area contributed by atoms with Crippen LogP contribution < -0.4 is 16.4 Å². The Labute approximate surface area is 127 Å². The molecule has 21 heavy (non-hydrogen) atoms. The van der Waals surface area contributed by atoms with Crippen LogP contribution in [0.4, 0.5) is 10.9 Å². The number of aryl methyl sites for hydroxylation is 2. The van der Waals surface area contributed by atoms with E-state index in [0.29, 0.717) is 16.6 Å². The minimum atomic E-state index is -0.211. The number of hydrogen-bond acceptors (Lipinski definition) is 6. The molecule has 0 fully saturated rings. The maximum atomic E-state index is 12.2. The molecule has 0 unspecified atom stereocenters. The number of nitrogens with two attached hydrogens (primary N) is 1. The van der Waals surface area contributed by atoms with E-state index < -0.39 is 0 Å². The molecule has 0 spiro atoms. The van der Waals surface area contributed by atoms with Gasteiger partial charge in [0.05, 0.1) is 5.69 Å². The third-order valence-electron chi connectivity index (χ3n) is 3.27. The van der Waals surface area contributed by atoms with Gasteiger partial charge in [-0.3, -0.25) is 9.48 Å². The van der Waals surface area contributed by atoms with Crippen molar-refractivity contribution >= 4 is 28.2 Å². The van der Waals surface area contributed by atoms with Crippen molar-refractivity contribution < 1.29 is 4.79 Å². The lowest BCUT2D eigenvalue weighted by atomic mass is 10.2. The lowest BCUT2D eigenvalue weighted by Crippen LogP contribution is -2.23. The van der Waals surface area contributed by atoms with Gasteiger partial charge in [-0.25, -0.2) is 4.98 Å². The summed E-state index contributed by atoms with van der Waals surface area (Å²) < 4.78 is 1.81. The normalized spacial score (nSPS) is 10.7. The summed E-state index contributed by atoms with van der Waals surface area (Å²) in [4.78, 5) is 16.8. The van der Waals surface area contributed by atoms with Crippen LogP contribution >= 0.6 is 11.3 Å². The van der Waals surface area contributed by atoms with Gasteiger partial charge in [-0.2, -0.15) is 5.10 Å². The van der Waals surface area contributed by atoms with Crippen LogP contribution in [0.1, 0.15) is 33.5 Å². The van der Waals surface area contributed by atoms with Crippen molar-refractivity contribution in [1.29, 1.82) is 0 Å². The number of nitrogen functional groups attached to an aromatic ring is 1. The van der Waals surface area contributed by atoms with Gasteiger partial charge in [0, 0.05) is 31.4 Å². The molecular weight excluding hydrogens is 288 g/mol. The Morgan fingerprint density at radius 1 is 1.43 bits per heavy atom. The molecule has 7 nitrogen and oxygen atoms in total. The van der Waals surface area contributed by atoms with E-state index in [1.807, 2.05) is 27.8 Å². The second-order valence-electron chi connectivity index (χ2n) is 4.72. The lowest BCUT2D eigenvalue weighted by Gasteiger charge is -2.04. The first kappa shape index (κ1) is 15.3. The molecule has 0 bridgehead atoms. The summed E-state index contributed by atoms with van der Waals surface area (Å²) in [5.41, 5.74) is 8.77. The Bertz CT molecular complexity index is 660. The van der Waals surface area contributed by atoms with Gasteiger partial charge >= 0.3 is 0 Å². The molecule has 0 aliphatic heterocycles. The average molecular weight is 308 g/mol. The van der Waals surface area contributed by atoms with Crippen LogP contribution in [0.15, 0.2) is 0 Å². The SMILES string of the molecule is CCNc1nc(N)c(C(=O)NCc2c(C)nn(C)c2C)s1. The highest BCUT2D eigenvalue weighted by Gasteiger charge is 2.17. The summed E-state index contributed by atoms with van der Waals surface area (Å²) >= 11 is 1.26. The van der Waals surface area contributed by atoms with Crippen molar-refractivity contribution in [3.63, 3.8) is 0 Å². The van der Waals surface area contributed by atoms with Gasteiger partial charge in [-0.1, -0.05) is 11.3 Å². The fourth-order valence-electron chi connectivity index (χ4n) is 2.04. The summed E-state index contributed by atoms with van der Waals surface area (Å²) in [5.74, 6) is 0.0462. The number of aromatic nitrogens is 3. The van der Waals surface area contributed by atoms with Gasteiger partial charge in [0.15, 0.2) is 5.13 Å². The number of carbonyl (C=O) groups excluding carboxylic acids is 1. The quantitative estimate of drug-likeness (QED) is 0.776. The molecule has 0 aliphatic carbocycles. The van der Waals surface area contributed by atoms with Gasteiger partial charge in [0.25, 0.3) is 5.91 Å². The summed E-state index contributed by atoms with van der Waals surface area (Å²) in [6.45, 7) is 7.04. The van der Waals surface area contributed by atoms with E-state index in [4.69, 9.17) is 5.73 Å². The van der Waals surface area contributed by atoms with Crippen LogP contribution in [0.25, 0.3) is 0 Å². The van der Waals surface area contributed by atoms with Crippen LogP contribution in [-0.2, 0) is 13.6 Å². The van der Waals surface area contributed by atoms with Gasteiger partial charge in [-0.05, 0) is 20.8 Å². The molecule has 114 valence electrons. The van der Waals surface area contributed by atoms with Crippen molar-refractivity contribution in [3.05, 3.63) is 21.8 Å². The second-order valence-corrected chi connectivity index (χ2v) is 5.72. The first-order valence-electron chi connectivity index (χ1n) is 6.71. The highest BCUT2D eigenvalue weighted by atomic mass is 32.1. The Hall–Kier alpha value is -2.09. The molecule has 0 saturated heterocycles. The molecular formula is C13H20N6OS. The smallest absolute Gasteiger partial charge is 0.265 e. The lowest BCUT2D eigenvalue weighted by molar-refractivity contribution is 0.0955. The fraction of sp³-hybridized carbons (Fsp3) is 0.462. The Morgan fingerprint density at radius 3 is 2.71 bits per heavy atom. The third-order valence-corrected chi connectivity index (χ3v) is 4.30. The molecule has 2 aromatic heterocycles. The van der Waals surface area contributed by atoms with Crippen molar-refractivity contribution in [2.45, 2.75) is 27.3 Å². The Morgan fingerprint density at radius 2 is 2.14 bits per heavy atom. The number of amides is 1. The minimum absolute atomic E-state index is 0.211. The standard InChI is InChI=1S/C13H20N6OS/c1-5-15-13-17-11(14)10(21-13)12(20)16-6-9-7(2)18-19(4)8(9)3/h5-6,14H2,1-4H3,(H,15,17)(H,16,20). The van der Waals surface area contributed by atoms with Gasteiger partial charge in [-0.15, -0.1) is 0 Å². The van der Waals surface area contributed by atoms with E-state index in [9.17, 15) is 4.79 Å². The molecule has 1 amide bonds. The molecule has 0 radical (unpaired) electrons. The minimum Gasteiger partial charge on any atom is -0.382 e. The van der Waals surface area contributed by atoms with Crippen LogP contribution in [0.5, 0.6) is 0 Å². The number of carbonyl (C=O) groups is 1. The van der Waals surface area contributed by atoms with E-state index in [0.717, 1.165) is 23.5 Å². The molecule has 4 N–H and O–H groups in total. The predicted molar refractivity (Wildman–Crippen MR) is 84.5 cm³/mol. The maximum absolute atomic E-state index is 12.2. The molecule has 2 aromatic rings.